The van der Waals surface area contributed by atoms with Gasteiger partial charge in [-0.2, -0.15) is 0 Å². The van der Waals surface area contributed by atoms with E-state index in [0.29, 0.717) is 12.1 Å². The Bertz CT molecular complexity index is 699. The van der Waals surface area contributed by atoms with Crippen molar-refractivity contribution in [2.75, 3.05) is 5.32 Å². The van der Waals surface area contributed by atoms with Gasteiger partial charge in [0, 0.05) is 12.1 Å². The zero-order valence-electron chi connectivity index (χ0n) is 9.58. The number of rotatable bonds is 3. The summed E-state index contributed by atoms with van der Waals surface area (Å²) in [6.07, 6.45) is 0.945. The molecule has 3 N–H and O–H groups in total. The summed E-state index contributed by atoms with van der Waals surface area (Å²) in [5.41, 5.74) is -1.83. The lowest BCUT2D eigenvalue weighted by Gasteiger charge is -2.06. The number of hydrogen-bond donors (Lipinski definition) is 3. The molecular weight excluding hydrogens is 279 g/mol. The highest BCUT2D eigenvalue weighted by atomic mass is 19.2. The van der Waals surface area contributed by atoms with E-state index in [2.05, 4.69) is 9.97 Å². The first-order valence-corrected chi connectivity index (χ1v) is 5.12. The number of H-pyrrole nitrogens is 1. The second-order valence-corrected chi connectivity index (χ2v) is 3.63. The van der Waals surface area contributed by atoms with Gasteiger partial charge in [-0.05, 0) is 0 Å². The van der Waals surface area contributed by atoms with Crippen molar-refractivity contribution >= 4 is 17.6 Å². The second kappa shape index (κ2) is 5.03. The van der Waals surface area contributed by atoms with E-state index in [4.69, 9.17) is 5.11 Å². The fourth-order valence-electron chi connectivity index (χ4n) is 1.46. The minimum absolute atomic E-state index is 0.308. The largest absolute Gasteiger partial charge is 0.477 e. The Morgan fingerprint density at radius 1 is 1.25 bits per heavy atom. The highest BCUT2D eigenvalue weighted by molar-refractivity contribution is 6.08. The molecule has 6 nitrogen and oxygen atoms in total. The number of hydrogen-bond acceptors (Lipinski definition) is 3. The molecule has 0 atom stereocenters. The number of aromatic amines is 1. The Labute approximate surface area is 109 Å². The molecule has 0 aliphatic rings. The lowest BCUT2D eigenvalue weighted by atomic mass is 10.2. The van der Waals surface area contributed by atoms with Crippen LogP contribution in [0.2, 0.25) is 0 Å². The molecule has 1 heterocycles. The van der Waals surface area contributed by atoms with Gasteiger partial charge in [0.05, 0.1) is 12.0 Å². The van der Waals surface area contributed by atoms with E-state index in [1.165, 1.54) is 0 Å². The van der Waals surface area contributed by atoms with Crippen molar-refractivity contribution in [1.29, 1.82) is 0 Å². The number of aromatic nitrogens is 2. The maximum absolute atomic E-state index is 13.3. The molecule has 0 saturated heterocycles. The number of anilines is 1. The van der Waals surface area contributed by atoms with Crippen LogP contribution in [0.15, 0.2) is 18.5 Å². The van der Waals surface area contributed by atoms with Crippen LogP contribution in [0, 0.1) is 17.5 Å². The van der Waals surface area contributed by atoms with Crippen molar-refractivity contribution in [3.05, 3.63) is 47.3 Å². The van der Waals surface area contributed by atoms with E-state index in [0.717, 1.165) is 6.33 Å². The summed E-state index contributed by atoms with van der Waals surface area (Å²) in [7, 11) is 0. The zero-order chi connectivity index (χ0) is 14.9. The Morgan fingerprint density at radius 3 is 2.60 bits per heavy atom. The molecule has 20 heavy (non-hydrogen) atoms. The van der Waals surface area contributed by atoms with E-state index < -0.39 is 46.4 Å². The molecule has 2 rings (SSSR count). The van der Waals surface area contributed by atoms with Gasteiger partial charge in [-0.1, -0.05) is 0 Å². The van der Waals surface area contributed by atoms with E-state index in [9.17, 15) is 22.8 Å². The highest BCUT2D eigenvalue weighted by Gasteiger charge is 2.21. The molecule has 1 aromatic heterocycles. The summed E-state index contributed by atoms with van der Waals surface area (Å²) in [5.74, 6) is -6.63. The van der Waals surface area contributed by atoms with E-state index in [1.807, 2.05) is 5.32 Å². The second-order valence-electron chi connectivity index (χ2n) is 3.63. The normalized spacial score (nSPS) is 10.3. The molecule has 0 bridgehead atoms. The van der Waals surface area contributed by atoms with Crippen molar-refractivity contribution < 1.29 is 27.9 Å². The van der Waals surface area contributed by atoms with Crippen LogP contribution in [0.5, 0.6) is 0 Å². The molecule has 9 heteroatoms. The maximum atomic E-state index is 13.3. The third-order valence-electron chi connectivity index (χ3n) is 2.31. The minimum atomic E-state index is -1.49. The Balaban J connectivity index is 2.33. The summed E-state index contributed by atoms with van der Waals surface area (Å²) >= 11 is 0. The number of carboxylic acids is 1. The number of benzene rings is 1. The summed E-state index contributed by atoms with van der Waals surface area (Å²) in [5, 5.41) is 10.6. The first-order valence-electron chi connectivity index (χ1n) is 5.12. The quantitative estimate of drug-likeness (QED) is 0.749. The van der Waals surface area contributed by atoms with Gasteiger partial charge in [0.2, 0.25) is 0 Å². The lowest BCUT2D eigenvalue weighted by molar-refractivity contribution is 0.0686. The number of aromatic carboxylic acids is 1. The average molecular weight is 285 g/mol. The van der Waals surface area contributed by atoms with Crippen molar-refractivity contribution in [2.45, 2.75) is 0 Å². The monoisotopic (exact) mass is 285 g/mol. The Morgan fingerprint density at radius 2 is 1.95 bits per heavy atom. The van der Waals surface area contributed by atoms with Gasteiger partial charge in [0.15, 0.2) is 23.0 Å². The molecule has 0 radical (unpaired) electrons. The van der Waals surface area contributed by atoms with Gasteiger partial charge < -0.3 is 15.4 Å². The number of carbonyl (C=O) groups excluding carboxylic acids is 1. The Kier molecular flexibility index (Phi) is 3.42. The number of halogens is 3. The predicted molar refractivity (Wildman–Crippen MR) is 59.8 cm³/mol. The molecule has 0 unspecified atom stereocenters. The van der Waals surface area contributed by atoms with Crippen LogP contribution in [0.25, 0.3) is 0 Å². The average Bonchev–Trinajstić information content (AvgIpc) is 2.84. The standard InChI is InChI=1S/C11H6F3N3O3/c12-4-1-5(13)7(14)6(2-4)17-10(18)8-9(11(19)20)16-3-15-8/h1-3H,(H,15,16)(H,17,18)(H,19,20). The highest BCUT2D eigenvalue weighted by Crippen LogP contribution is 2.20. The smallest absolute Gasteiger partial charge is 0.354 e. The molecule has 0 saturated carbocycles. The van der Waals surface area contributed by atoms with Gasteiger partial charge in [-0.25, -0.2) is 22.9 Å². The van der Waals surface area contributed by atoms with E-state index in [1.54, 1.807) is 0 Å². The number of amides is 1. The number of imidazole rings is 1. The number of carboxylic acid groups (broad SMARTS) is 1. The number of nitrogens with zero attached hydrogens (tertiary/aromatic N) is 1. The number of nitrogens with one attached hydrogen (secondary N) is 2. The molecule has 0 aliphatic heterocycles. The van der Waals surface area contributed by atoms with Crippen LogP contribution in [-0.4, -0.2) is 27.0 Å². The van der Waals surface area contributed by atoms with Gasteiger partial charge in [-0.15, -0.1) is 0 Å². The zero-order valence-corrected chi connectivity index (χ0v) is 9.58. The summed E-state index contributed by atoms with van der Waals surface area (Å²) < 4.78 is 39.2. The van der Waals surface area contributed by atoms with Crippen LogP contribution >= 0.6 is 0 Å². The molecule has 0 spiro atoms. The fourth-order valence-corrected chi connectivity index (χ4v) is 1.46. The third kappa shape index (κ3) is 2.46. The summed E-state index contributed by atoms with van der Waals surface area (Å²) in [6.45, 7) is 0. The van der Waals surface area contributed by atoms with Crippen LogP contribution in [0.1, 0.15) is 21.0 Å². The predicted octanol–water partition coefficient (Wildman–Crippen LogP) is 1.78. The SMILES string of the molecule is O=C(Nc1cc(F)cc(F)c1F)c1nc[nH]c1C(=O)O. The molecule has 2 aromatic rings. The topological polar surface area (TPSA) is 95.1 Å². The van der Waals surface area contributed by atoms with Crippen LogP contribution < -0.4 is 5.32 Å². The molecule has 0 fully saturated rings. The lowest BCUT2D eigenvalue weighted by Crippen LogP contribution is -2.17. The van der Waals surface area contributed by atoms with Crippen molar-refractivity contribution in [3.8, 4) is 0 Å². The van der Waals surface area contributed by atoms with E-state index in [-0.39, 0.29) is 0 Å². The molecule has 1 aromatic carbocycles. The molecular formula is C11H6F3N3O3. The van der Waals surface area contributed by atoms with Crippen LogP contribution in [-0.2, 0) is 0 Å². The minimum Gasteiger partial charge on any atom is -0.477 e. The van der Waals surface area contributed by atoms with Gasteiger partial charge in [0.1, 0.15) is 5.82 Å². The first kappa shape index (κ1) is 13.6. The van der Waals surface area contributed by atoms with E-state index >= 15 is 0 Å². The first-order chi connectivity index (χ1) is 9.40. The maximum Gasteiger partial charge on any atom is 0.354 e. The van der Waals surface area contributed by atoms with Crippen molar-refractivity contribution in [2.24, 2.45) is 0 Å². The van der Waals surface area contributed by atoms with Crippen LogP contribution in [0.3, 0.4) is 0 Å². The summed E-state index contributed by atoms with van der Waals surface area (Å²) in [4.78, 5) is 28.1. The molecule has 104 valence electrons. The van der Waals surface area contributed by atoms with Crippen LogP contribution in [0.4, 0.5) is 18.9 Å². The van der Waals surface area contributed by atoms with Crippen molar-refractivity contribution in [3.63, 3.8) is 0 Å². The summed E-state index contributed by atoms with van der Waals surface area (Å²) in [6, 6.07) is 0.867. The third-order valence-corrected chi connectivity index (χ3v) is 2.31. The van der Waals surface area contributed by atoms with Crippen molar-refractivity contribution in [1.82, 2.24) is 9.97 Å². The van der Waals surface area contributed by atoms with Gasteiger partial charge >= 0.3 is 5.97 Å². The molecule has 1 amide bonds. The van der Waals surface area contributed by atoms with Gasteiger partial charge in [-0.3, -0.25) is 4.79 Å². The fraction of sp³-hybridized carbons (Fsp3) is 0. The number of carbonyl (C=O) groups is 2. The Hall–Kier alpha value is -2.84. The molecule has 0 aliphatic carbocycles. The van der Waals surface area contributed by atoms with Gasteiger partial charge in [0.25, 0.3) is 5.91 Å².